The molecule has 0 aliphatic heterocycles. The smallest absolute Gasteiger partial charge is 0.220 e. The molecule has 0 unspecified atom stereocenters. The van der Waals surface area contributed by atoms with Crippen molar-refractivity contribution >= 4 is 27.2 Å². The minimum absolute atomic E-state index is 0.0195. The molecule has 0 aliphatic rings. The second-order valence-corrected chi connectivity index (χ2v) is 6.36. The van der Waals surface area contributed by atoms with Crippen LogP contribution in [0.5, 0.6) is 0 Å². The van der Waals surface area contributed by atoms with Gasteiger partial charge in [0.2, 0.25) is 10.0 Å². The van der Waals surface area contributed by atoms with Crippen molar-refractivity contribution in [2.45, 2.75) is 13.3 Å². The molecular formula is C9H21N3O2S2. The zero-order valence-corrected chi connectivity index (χ0v) is 11.8. The highest BCUT2D eigenvalue weighted by Crippen LogP contribution is 2.03. The number of sulfonamides is 1. The average molecular weight is 267 g/mol. The Bertz CT molecular complexity index is 315. The minimum atomic E-state index is -3.32. The van der Waals surface area contributed by atoms with Gasteiger partial charge in [-0.3, -0.25) is 0 Å². The number of hydrogen-bond acceptors (Lipinski definition) is 4. The van der Waals surface area contributed by atoms with E-state index in [0.29, 0.717) is 13.1 Å². The van der Waals surface area contributed by atoms with E-state index < -0.39 is 10.0 Å². The molecule has 0 fully saturated rings. The molecule has 0 radical (unpaired) electrons. The summed E-state index contributed by atoms with van der Waals surface area (Å²) in [4.78, 5) is 2.04. The van der Waals surface area contributed by atoms with E-state index >= 15 is 0 Å². The van der Waals surface area contributed by atoms with Crippen LogP contribution in [-0.2, 0) is 10.0 Å². The number of hydrogen-bond donors (Lipinski definition) is 1. The third kappa shape index (κ3) is 6.37. The van der Waals surface area contributed by atoms with Crippen molar-refractivity contribution in [1.82, 2.24) is 9.21 Å². The lowest BCUT2D eigenvalue weighted by molar-refractivity contribution is 0.357. The molecule has 0 aromatic heterocycles. The van der Waals surface area contributed by atoms with Crippen molar-refractivity contribution < 1.29 is 8.42 Å². The second kappa shape index (κ2) is 7.16. The van der Waals surface area contributed by atoms with E-state index in [0.717, 1.165) is 13.0 Å². The molecule has 0 heterocycles. The molecule has 16 heavy (non-hydrogen) atoms. The van der Waals surface area contributed by atoms with Crippen LogP contribution in [0.3, 0.4) is 0 Å². The molecule has 7 heteroatoms. The Kier molecular flexibility index (Phi) is 7.05. The maximum atomic E-state index is 11.8. The molecule has 0 aliphatic carbocycles. The molecule has 0 aromatic carbocycles. The lowest BCUT2D eigenvalue weighted by Crippen LogP contribution is -2.38. The largest absolute Gasteiger partial charge is 0.392 e. The van der Waals surface area contributed by atoms with Crippen LogP contribution in [-0.4, -0.2) is 62.1 Å². The van der Waals surface area contributed by atoms with Gasteiger partial charge in [0, 0.05) is 13.1 Å². The maximum absolute atomic E-state index is 11.8. The van der Waals surface area contributed by atoms with Crippen LogP contribution in [0.1, 0.15) is 13.3 Å². The van der Waals surface area contributed by atoms with Gasteiger partial charge in [-0.1, -0.05) is 19.1 Å². The highest BCUT2D eigenvalue weighted by molar-refractivity contribution is 7.92. The van der Waals surface area contributed by atoms with Crippen LogP contribution < -0.4 is 5.73 Å². The summed E-state index contributed by atoms with van der Waals surface area (Å²) in [6.45, 7) is 3.64. The lowest BCUT2D eigenvalue weighted by Gasteiger charge is -2.21. The molecule has 0 saturated carbocycles. The summed E-state index contributed by atoms with van der Waals surface area (Å²) in [5, 5.41) is 0. The van der Waals surface area contributed by atoms with Gasteiger partial charge in [0.1, 0.15) is 5.75 Å². The maximum Gasteiger partial charge on any atom is 0.220 e. The molecular weight excluding hydrogens is 246 g/mol. The van der Waals surface area contributed by atoms with Crippen molar-refractivity contribution in [3.63, 3.8) is 0 Å². The Balaban J connectivity index is 4.31. The third-order valence-electron chi connectivity index (χ3n) is 2.08. The molecule has 0 rings (SSSR count). The zero-order chi connectivity index (χ0) is 12.8. The van der Waals surface area contributed by atoms with Gasteiger partial charge in [-0.05, 0) is 27.1 Å². The van der Waals surface area contributed by atoms with Crippen LogP contribution in [0.25, 0.3) is 0 Å². The van der Waals surface area contributed by atoms with E-state index in [1.54, 1.807) is 0 Å². The summed E-state index contributed by atoms with van der Waals surface area (Å²) in [6, 6.07) is 0. The van der Waals surface area contributed by atoms with Crippen molar-refractivity contribution in [3.05, 3.63) is 0 Å². The Morgan fingerprint density at radius 2 is 1.88 bits per heavy atom. The highest BCUT2D eigenvalue weighted by atomic mass is 32.2. The second-order valence-electron chi connectivity index (χ2n) is 3.87. The first kappa shape index (κ1) is 15.8. The van der Waals surface area contributed by atoms with E-state index in [2.05, 4.69) is 12.2 Å². The molecule has 0 amide bonds. The standard InChI is InChI=1S/C9H21N3O2S2/c1-4-12(7-5-6-11(2)3)16(13,14)8-9(10)15/h4-8H2,1-3H3,(H2,10,15). The van der Waals surface area contributed by atoms with Crippen LogP contribution >= 0.6 is 12.2 Å². The summed E-state index contributed by atoms with van der Waals surface area (Å²) in [5.74, 6) is -0.238. The molecule has 96 valence electrons. The first-order valence-corrected chi connectivity index (χ1v) is 7.22. The van der Waals surface area contributed by atoms with Crippen molar-refractivity contribution in [2.24, 2.45) is 5.73 Å². The first-order valence-electron chi connectivity index (χ1n) is 5.20. The molecule has 5 nitrogen and oxygen atoms in total. The normalized spacial score (nSPS) is 12.3. The number of rotatable bonds is 8. The van der Waals surface area contributed by atoms with Crippen LogP contribution in [0.15, 0.2) is 0 Å². The minimum Gasteiger partial charge on any atom is -0.392 e. The number of thiocarbonyl (C=S) groups is 1. The number of nitrogens with zero attached hydrogens (tertiary/aromatic N) is 2. The predicted octanol–water partition coefficient (Wildman–Crippen LogP) is -0.124. The van der Waals surface area contributed by atoms with Crippen molar-refractivity contribution in [3.8, 4) is 0 Å². The highest BCUT2D eigenvalue weighted by Gasteiger charge is 2.20. The molecule has 0 aromatic rings. The van der Waals surface area contributed by atoms with Crippen LogP contribution in [0, 0.1) is 0 Å². The molecule has 0 spiro atoms. The predicted molar refractivity (Wildman–Crippen MR) is 71.0 cm³/mol. The van der Waals surface area contributed by atoms with Gasteiger partial charge in [0.25, 0.3) is 0 Å². The zero-order valence-electron chi connectivity index (χ0n) is 10.1. The van der Waals surface area contributed by atoms with Gasteiger partial charge in [-0.25, -0.2) is 12.7 Å². The topological polar surface area (TPSA) is 66.6 Å². The Hall–Kier alpha value is -0.240. The number of nitrogens with two attached hydrogens (primary N) is 1. The lowest BCUT2D eigenvalue weighted by atomic mass is 10.4. The Morgan fingerprint density at radius 1 is 1.31 bits per heavy atom. The monoisotopic (exact) mass is 267 g/mol. The van der Waals surface area contributed by atoms with Gasteiger partial charge in [-0.2, -0.15) is 0 Å². The van der Waals surface area contributed by atoms with Gasteiger partial charge in [-0.15, -0.1) is 0 Å². The van der Waals surface area contributed by atoms with Crippen molar-refractivity contribution in [2.75, 3.05) is 39.5 Å². The summed E-state index contributed by atoms with van der Waals surface area (Å²) in [7, 11) is 0.595. The SMILES string of the molecule is CCN(CCCN(C)C)S(=O)(=O)CC(N)=S. The molecule has 0 saturated heterocycles. The van der Waals surface area contributed by atoms with Crippen LogP contribution in [0.4, 0.5) is 0 Å². The summed E-state index contributed by atoms with van der Waals surface area (Å²) in [5.41, 5.74) is 5.27. The quantitative estimate of drug-likeness (QED) is 0.621. The van der Waals surface area contributed by atoms with Gasteiger partial charge in [0.05, 0.1) is 4.99 Å². The molecule has 2 N–H and O–H groups in total. The van der Waals surface area contributed by atoms with Crippen LogP contribution in [0.2, 0.25) is 0 Å². The Labute approximate surface area is 104 Å². The van der Waals surface area contributed by atoms with E-state index in [9.17, 15) is 8.42 Å². The Morgan fingerprint density at radius 3 is 2.25 bits per heavy atom. The first-order chi connectivity index (χ1) is 7.29. The van der Waals surface area contributed by atoms with Gasteiger partial charge >= 0.3 is 0 Å². The summed E-state index contributed by atoms with van der Waals surface area (Å²) >= 11 is 4.63. The third-order valence-corrected chi connectivity index (χ3v) is 4.31. The van der Waals surface area contributed by atoms with Gasteiger partial charge < -0.3 is 10.6 Å². The van der Waals surface area contributed by atoms with Crippen molar-refractivity contribution in [1.29, 1.82) is 0 Å². The van der Waals surface area contributed by atoms with E-state index in [1.165, 1.54) is 4.31 Å². The fourth-order valence-electron chi connectivity index (χ4n) is 1.33. The van der Waals surface area contributed by atoms with E-state index in [4.69, 9.17) is 5.73 Å². The molecule has 0 atom stereocenters. The summed E-state index contributed by atoms with van der Waals surface area (Å²) < 4.78 is 25.0. The van der Waals surface area contributed by atoms with E-state index in [-0.39, 0.29) is 10.7 Å². The van der Waals surface area contributed by atoms with Gasteiger partial charge in [0.15, 0.2) is 0 Å². The molecule has 0 bridgehead atoms. The fraction of sp³-hybridized carbons (Fsp3) is 0.889. The average Bonchev–Trinajstić information content (AvgIpc) is 2.09. The van der Waals surface area contributed by atoms with E-state index in [1.807, 2.05) is 25.9 Å². The summed E-state index contributed by atoms with van der Waals surface area (Å²) in [6.07, 6.45) is 0.803. The fourth-order valence-corrected chi connectivity index (χ4v) is 3.12.